The van der Waals surface area contributed by atoms with Gasteiger partial charge in [0.05, 0.1) is 6.10 Å². The maximum Gasteiger partial charge on any atom is 0.135 e. The second kappa shape index (κ2) is 4.43. The molecule has 0 radical (unpaired) electrons. The van der Waals surface area contributed by atoms with Gasteiger partial charge >= 0.3 is 0 Å². The second-order valence-electron chi connectivity index (χ2n) is 4.99. The summed E-state index contributed by atoms with van der Waals surface area (Å²) in [6, 6.07) is 0. The van der Waals surface area contributed by atoms with E-state index in [1.807, 2.05) is 0 Å². The third-order valence-electron chi connectivity index (χ3n) is 3.94. The Bertz CT molecular complexity index is 200. The van der Waals surface area contributed by atoms with Crippen molar-refractivity contribution in [3.05, 3.63) is 0 Å². The Kier molecular flexibility index (Phi) is 3.71. The van der Waals surface area contributed by atoms with Gasteiger partial charge in [-0.05, 0) is 38.5 Å². The minimum atomic E-state index is -0.140. The van der Waals surface area contributed by atoms with Crippen LogP contribution < -0.4 is 0 Å². The third-order valence-corrected chi connectivity index (χ3v) is 3.94. The summed E-state index contributed by atoms with van der Waals surface area (Å²) in [4.78, 5) is 11.5. The Morgan fingerprint density at radius 1 is 1.21 bits per heavy atom. The lowest BCUT2D eigenvalue weighted by molar-refractivity contribution is -0.128. The number of ether oxygens (including phenoxy) is 1. The molecule has 0 atom stereocenters. The van der Waals surface area contributed by atoms with Gasteiger partial charge in [-0.3, -0.25) is 4.79 Å². The lowest BCUT2D eigenvalue weighted by Crippen LogP contribution is -2.35. The number of carbonyl (C=O) groups excluding carboxylic acids is 1. The SMILES string of the molecule is CO[C@H]1CC[C@@H](C(C)(C)C(C)=O)CC1. The Hall–Kier alpha value is -0.370. The maximum absolute atomic E-state index is 11.5. The van der Waals surface area contributed by atoms with Crippen LogP contribution in [0.15, 0.2) is 0 Å². The number of rotatable bonds is 3. The fourth-order valence-electron chi connectivity index (χ4n) is 2.31. The highest BCUT2D eigenvalue weighted by atomic mass is 16.5. The van der Waals surface area contributed by atoms with E-state index in [0.29, 0.717) is 17.8 Å². The average molecular weight is 198 g/mol. The first-order valence-electron chi connectivity index (χ1n) is 5.52. The molecule has 0 aromatic heterocycles. The van der Waals surface area contributed by atoms with Crippen LogP contribution in [0, 0.1) is 11.3 Å². The molecule has 2 nitrogen and oxygen atoms in total. The number of hydrogen-bond acceptors (Lipinski definition) is 2. The van der Waals surface area contributed by atoms with Gasteiger partial charge in [0.2, 0.25) is 0 Å². The molecular formula is C12H22O2. The quantitative estimate of drug-likeness (QED) is 0.697. The van der Waals surface area contributed by atoms with Gasteiger partial charge in [-0.1, -0.05) is 13.8 Å². The molecule has 0 spiro atoms. The highest BCUT2D eigenvalue weighted by Gasteiger charge is 2.36. The highest BCUT2D eigenvalue weighted by molar-refractivity contribution is 5.81. The molecule has 1 rings (SSSR count). The van der Waals surface area contributed by atoms with Gasteiger partial charge in [0.25, 0.3) is 0 Å². The van der Waals surface area contributed by atoms with Crippen LogP contribution in [0.4, 0.5) is 0 Å². The molecule has 0 saturated heterocycles. The number of hydrogen-bond donors (Lipinski definition) is 0. The largest absolute Gasteiger partial charge is 0.381 e. The molecule has 0 unspecified atom stereocenters. The van der Waals surface area contributed by atoms with E-state index in [-0.39, 0.29) is 5.41 Å². The van der Waals surface area contributed by atoms with Crippen LogP contribution >= 0.6 is 0 Å². The fourth-order valence-corrected chi connectivity index (χ4v) is 2.31. The zero-order valence-corrected chi connectivity index (χ0v) is 9.80. The van der Waals surface area contributed by atoms with Gasteiger partial charge in [-0.2, -0.15) is 0 Å². The Morgan fingerprint density at radius 2 is 1.71 bits per heavy atom. The van der Waals surface area contributed by atoms with Crippen LogP contribution in [0.5, 0.6) is 0 Å². The number of ketones is 1. The normalized spacial score (nSPS) is 28.9. The van der Waals surface area contributed by atoms with Crippen molar-refractivity contribution in [1.82, 2.24) is 0 Å². The monoisotopic (exact) mass is 198 g/mol. The van der Waals surface area contributed by atoms with Crippen molar-refractivity contribution in [2.45, 2.75) is 52.6 Å². The molecule has 1 aliphatic carbocycles. The zero-order valence-electron chi connectivity index (χ0n) is 9.80. The summed E-state index contributed by atoms with van der Waals surface area (Å²) in [5.74, 6) is 0.866. The lowest BCUT2D eigenvalue weighted by atomic mass is 9.68. The molecular weight excluding hydrogens is 176 g/mol. The van der Waals surface area contributed by atoms with E-state index in [1.54, 1.807) is 14.0 Å². The van der Waals surface area contributed by atoms with Crippen LogP contribution in [0.3, 0.4) is 0 Å². The van der Waals surface area contributed by atoms with Crippen molar-refractivity contribution >= 4 is 5.78 Å². The van der Waals surface area contributed by atoms with E-state index in [2.05, 4.69) is 13.8 Å². The zero-order chi connectivity index (χ0) is 10.8. The first kappa shape index (κ1) is 11.7. The van der Waals surface area contributed by atoms with E-state index < -0.39 is 0 Å². The Balaban J connectivity index is 2.53. The van der Waals surface area contributed by atoms with E-state index >= 15 is 0 Å². The average Bonchev–Trinajstić information content (AvgIpc) is 2.17. The van der Waals surface area contributed by atoms with E-state index in [4.69, 9.17) is 4.74 Å². The summed E-state index contributed by atoms with van der Waals surface area (Å²) in [5.41, 5.74) is -0.140. The summed E-state index contributed by atoms with van der Waals surface area (Å²) >= 11 is 0. The molecule has 1 saturated carbocycles. The van der Waals surface area contributed by atoms with Crippen molar-refractivity contribution in [1.29, 1.82) is 0 Å². The van der Waals surface area contributed by atoms with Gasteiger partial charge in [-0.25, -0.2) is 0 Å². The molecule has 0 aromatic rings. The molecule has 82 valence electrons. The molecule has 0 aromatic carbocycles. The van der Waals surface area contributed by atoms with Crippen LogP contribution in [0.25, 0.3) is 0 Å². The number of Topliss-reactive ketones (excluding diaryl/α,β-unsaturated/α-hetero) is 1. The van der Waals surface area contributed by atoms with Gasteiger partial charge in [-0.15, -0.1) is 0 Å². The van der Waals surface area contributed by atoms with Crippen LogP contribution in [-0.2, 0) is 9.53 Å². The molecule has 0 aliphatic heterocycles. The highest BCUT2D eigenvalue weighted by Crippen LogP contribution is 2.39. The molecule has 0 amide bonds. The van der Waals surface area contributed by atoms with Gasteiger partial charge in [0.15, 0.2) is 0 Å². The molecule has 0 N–H and O–H groups in total. The van der Waals surface area contributed by atoms with Crippen LogP contribution in [-0.4, -0.2) is 19.0 Å². The minimum Gasteiger partial charge on any atom is -0.381 e. The molecule has 14 heavy (non-hydrogen) atoms. The smallest absolute Gasteiger partial charge is 0.135 e. The van der Waals surface area contributed by atoms with Crippen LogP contribution in [0.1, 0.15) is 46.5 Å². The summed E-state index contributed by atoms with van der Waals surface area (Å²) < 4.78 is 5.33. The van der Waals surface area contributed by atoms with Crippen molar-refractivity contribution in [2.24, 2.45) is 11.3 Å². The van der Waals surface area contributed by atoms with Crippen molar-refractivity contribution in [3.8, 4) is 0 Å². The van der Waals surface area contributed by atoms with Crippen LogP contribution in [0.2, 0.25) is 0 Å². The standard InChI is InChI=1S/C12H22O2/c1-9(13)12(2,3)10-5-7-11(14-4)8-6-10/h10-11H,5-8H2,1-4H3/t10-,11+. The Labute approximate surface area is 87.0 Å². The third kappa shape index (κ3) is 2.35. The molecule has 0 heterocycles. The lowest BCUT2D eigenvalue weighted by Gasteiger charge is -2.37. The van der Waals surface area contributed by atoms with E-state index in [9.17, 15) is 4.79 Å². The second-order valence-corrected chi connectivity index (χ2v) is 4.99. The topological polar surface area (TPSA) is 26.3 Å². The molecule has 2 heteroatoms. The van der Waals surface area contributed by atoms with E-state index in [0.717, 1.165) is 25.7 Å². The number of methoxy groups -OCH3 is 1. The number of carbonyl (C=O) groups is 1. The Morgan fingerprint density at radius 3 is 2.07 bits per heavy atom. The summed E-state index contributed by atoms with van der Waals surface area (Å²) in [6.07, 6.45) is 4.90. The first-order valence-corrected chi connectivity index (χ1v) is 5.52. The van der Waals surface area contributed by atoms with Crippen molar-refractivity contribution in [2.75, 3.05) is 7.11 Å². The fraction of sp³-hybridized carbons (Fsp3) is 0.917. The summed E-state index contributed by atoms with van der Waals surface area (Å²) in [5, 5.41) is 0. The van der Waals surface area contributed by atoms with Crippen molar-refractivity contribution in [3.63, 3.8) is 0 Å². The van der Waals surface area contributed by atoms with E-state index in [1.165, 1.54) is 0 Å². The molecule has 1 fully saturated rings. The minimum absolute atomic E-state index is 0.140. The maximum atomic E-state index is 11.5. The van der Waals surface area contributed by atoms with Gasteiger partial charge in [0.1, 0.15) is 5.78 Å². The summed E-state index contributed by atoms with van der Waals surface area (Å²) in [6.45, 7) is 5.86. The van der Waals surface area contributed by atoms with Gasteiger partial charge in [0, 0.05) is 12.5 Å². The van der Waals surface area contributed by atoms with Gasteiger partial charge < -0.3 is 4.74 Å². The molecule has 0 bridgehead atoms. The predicted octanol–water partition coefficient (Wildman–Crippen LogP) is 2.81. The van der Waals surface area contributed by atoms with Crippen molar-refractivity contribution < 1.29 is 9.53 Å². The summed E-state index contributed by atoms with van der Waals surface area (Å²) in [7, 11) is 1.78. The predicted molar refractivity (Wildman–Crippen MR) is 57.2 cm³/mol. The first-order chi connectivity index (χ1) is 6.48. The molecule has 1 aliphatic rings.